The minimum atomic E-state index is -3.29. The number of aryl methyl sites for hydroxylation is 1. The van der Waals surface area contributed by atoms with Crippen molar-refractivity contribution in [3.05, 3.63) is 23.0 Å². The summed E-state index contributed by atoms with van der Waals surface area (Å²) in [6.45, 7) is 3.67. The van der Waals surface area contributed by atoms with E-state index in [4.69, 9.17) is 4.74 Å². The van der Waals surface area contributed by atoms with Gasteiger partial charge in [0.25, 0.3) is 0 Å². The molecule has 18 heavy (non-hydrogen) atoms. The molecule has 1 aromatic rings. The second-order valence-corrected chi connectivity index (χ2v) is 6.47. The van der Waals surface area contributed by atoms with Crippen LogP contribution in [-0.2, 0) is 21.1 Å². The molecule has 0 aliphatic carbocycles. The van der Waals surface area contributed by atoms with Gasteiger partial charge in [0.1, 0.15) is 11.5 Å². The van der Waals surface area contributed by atoms with Gasteiger partial charge in [0, 0.05) is 23.6 Å². The van der Waals surface area contributed by atoms with Crippen LogP contribution in [0.4, 0.5) is 0 Å². The van der Waals surface area contributed by atoms with Crippen LogP contribution in [0.1, 0.15) is 16.8 Å². The minimum Gasteiger partial charge on any atom is -0.496 e. The Morgan fingerprint density at radius 1 is 1.39 bits per heavy atom. The van der Waals surface area contributed by atoms with E-state index in [1.54, 1.807) is 13.3 Å². The molecule has 6 heteroatoms. The molecule has 0 saturated carbocycles. The Bertz CT molecular complexity index is 564. The highest BCUT2D eigenvalue weighted by Gasteiger charge is 2.16. The highest BCUT2D eigenvalue weighted by atomic mass is 32.2. The molecule has 0 radical (unpaired) electrons. The number of ether oxygens (including phenoxy) is 1. The molecule has 5 nitrogen and oxygen atoms in total. The summed E-state index contributed by atoms with van der Waals surface area (Å²) < 4.78 is 27.3. The van der Waals surface area contributed by atoms with Crippen molar-refractivity contribution < 1.29 is 17.9 Å². The van der Waals surface area contributed by atoms with E-state index in [-0.39, 0.29) is 12.2 Å². The molecule has 1 rings (SSSR count). The zero-order valence-corrected chi connectivity index (χ0v) is 11.8. The molecule has 100 valence electrons. The molecule has 0 aromatic carbocycles. The first-order valence-corrected chi connectivity index (χ1v) is 7.49. The fraction of sp³-hybridized carbons (Fsp3) is 0.500. The van der Waals surface area contributed by atoms with Gasteiger partial charge in [0.2, 0.25) is 0 Å². The third kappa shape index (κ3) is 3.80. The van der Waals surface area contributed by atoms with Crippen molar-refractivity contribution in [2.45, 2.75) is 20.3 Å². The van der Waals surface area contributed by atoms with Crippen molar-refractivity contribution >= 4 is 15.6 Å². The minimum absolute atomic E-state index is 0.00947. The van der Waals surface area contributed by atoms with Crippen molar-refractivity contribution in [1.82, 2.24) is 4.98 Å². The van der Waals surface area contributed by atoms with Crippen molar-refractivity contribution in [3.63, 3.8) is 0 Å². The first-order chi connectivity index (χ1) is 8.24. The molecular formula is C12H17NO4S. The van der Waals surface area contributed by atoms with Crippen LogP contribution < -0.4 is 4.74 Å². The number of nitrogens with zero attached hydrogens (tertiary/aromatic N) is 1. The quantitative estimate of drug-likeness (QED) is 0.794. The lowest BCUT2D eigenvalue weighted by molar-refractivity contribution is -0.116. The van der Waals surface area contributed by atoms with Crippen molar-refractivity contribution in [3.8, 4) is 5.75 Å². The maximum Gasteiger partial charge on any atom is 0.154 e. The van der Waals surface area contributed by atoms with Gasteiger partial charge in [-0.15, -0.1) is 0 Å². The summed E-state index contributed by atoms with van der Waals surface area (Å²) in [5.74, 6) is -0.129. The largest absolute Gasteiger partial charge is 0.496 e. The fourth-order valence-corrected chi connectivity index (χ4v) is 2.47. The number of hydrogen-bond acceptors (Lipinski definition) is 5. The van der Waals surface area contributed by atoms with Gasteiger partial charge in [0.05, 0.1) is 19.2 Å². The van der Waals surface area contributed by atoms with Gasteiger partial charge in [0.15, 0.2) is 15.6 Å². The summed E-state index contributed by atoms with van der Waals surface area (Å²) in [5, 5.41) is 0. The topological polar surface area (TPSA) is 73.3 Å². The molecule has 0 aliphatic heterocycles. The Morgan fingerprint density at radius 3 is 2.50 bits per heavy atom. The van der Waals surface area contributed by atoms with E-state index < -0.39 is 15.6 Å². The molecular weight excluding hydrogens is 254 g/mol. The molecule has 0 fully saturated rings. The highest BCUT2D eigenvalue weighted by Crippen LogP contribution is 2.24. The summed E-state index contributed by atoms with van der Waals surface area (Å²) in [7, 11) is -1.74. The number of carbonyl (C=O) groups is 1. The third-order valence-electron chi connectivity index (χ3n) is 2.54. The number of methoxy groups -OCH3 is 1. The lowest BCUT2D eigenvalue weighted by Gasteiger charge is -2.11. The molecule has 0 saturated heterocycles. The monoisotopic (exact) mass is 271 g/mol. The zero-order chi connectivity index (χ0) is 13.9. The lowest BCUT2D eigenvalue weighted by atomic mass is 10.1. The summed E-state index contributed by atoms with van der Waals surface area (Å²) >= 11 is 0. The third-order valence-corrected chi connectivity index (χ3v) is 3.38. The SMILES string of the molecule is COc1c(C)cnc(CC(=O)CS(C)(=O)=O)c1C. The van der Waals surface area contributed by atoms with Crippen LogP contribution in [0, 0.1) is 13.8 Å². The van der Waals surface area contributed by atoms with Gasteiger partial charge in [-0.2, -0.15) is 0 Å². The van der Waals surface area contributed by atoms with Gasteiger partial charge in [-0.25, -0.2) is 8.42 Å². The van der Waals surface area contributed by atoms with Gasteiger partial charge < -0.3 is 4.74 Å². The summed E-state index contributed by atoms with van der Waals surface area (Å²) in [6, 6.07) is 0. The Balaban J connectivity index is 2.96. The zero-order valence-electron chi connectivity index (χ0n) is 11.0. The predicted octanol–water partition coefficient (Wildman–Crippen LogP) is 0.863. The van der Waals surface area contributed by atoms with Crippen molar-refractivity contribution in [2.24, 2.45) is 0 Å². The number of hydrogen-bond donors (Lipinski definition) is 0. The van der Waals surface area contributed by atoms with E-state index in [1.807, 2.05) is 13.8 Å². The number of aromatic nitrogens is 1. The number of Topliss-reactive ketones (excluding diaryl/α,β-unsaturated/α-hetero) is 1. The van der Waals surface area contributed by atoms with Crippen LogP contribution in [0.2, 0.25) is 0 Å². The second-order valence-electron chi connectivity index (χ2n) is 4.33. The average Bonchev–Trinajstić information content (AvgIpc) is 2.20. The van der Waals surface area contributed by atoms with E-state index in [0.29, 0.717) is 11.4 Å². The molecule has 0 amide bonds. The number of pyridine rings is 1. The van der Waals surface area contributed by atoms with Crippen LogP contribution in [0.3, 0.4) is 0 Å². The van der Waals surface area contributed by atoms with E-state index >= 15 is 0 Å². The van der Waals surface area contributed by atoms with E-state index in [0.717, 1.165) is 17.4 Å². The number of ketones is 1. The molecule has 0 atom stereocenters. The Morgan fingerprint density at radius 2 is 2.00 bits per heavy atom. The summed E-state index contributed by atoms with van der Waals surface area (Å²) in [4.78, 5) is 15.8. The van der Waals surface area contributed by atoms with E-state index in [9.17, 15) is 13.2 Å². The first-order valence-electron chi connectivity index (χ1n) is 5.43. The number of carbonyl (C=O) groups excluding carboxylic acids is 1. The van der Waals surface area contributed by atoms with Crippen molar-refractivity contribution in [1.29, 1.82) is 0 Å². The molecule has 0 bridgehead atoms. The molecule has 0 unspecified atom stereocenters. The highest BCUT2D eigenvalue weighted by molar-refractivity contribution is 7.91. The number of sulfone groups is 1. The van der Waals surface area contributed by atoms with Crippen molar-refractivity contribution in [2.75, 3.05) is 19.1 Å². The van der Waals surface area contributed by atoms with E-state index in [1.165, 1.54) is 0 Å². The van der Waals surface area contributed by atoms with Gasteiger partial charge in [-0.05, 0) is 13.8 Å². The summed E-state index contributed by atoms with van der Waals surface area (Å²) in [6.07, 6.45) is 2.67. The maximum absolute atomic E-state index is 11.6. The first kappa shape index (κ1) is 14.6. The van der Waals surface area contributed by atoms with Crippen LogP contribution in [0.25, 0.3) is 0 Å². The molecule has 0 aliphatic rings. The van der Waals surface area contributed by atoms with Gasteiger partial charge in [-0.3, -0.25) is 9.78 Å². The Kier molecular flexibility index (Phi) is 4.45. The molecule has 0 N–H and O–H groups in total. The van der Waals surface area contributed by atoms with Crippen LogP contribution in [0.5, 0.6) is 5.75 Å². The fourth-order valence-electron chi connectivity index (χ4n) is 1.78. The normalized spacial score (nSPS) is 11.3. The standard InChI is InChI=1S/C12H17NO4S/c1-8-6-13-11(9(2)12(8)17-3)5-10(14)7-18(4,15)16/h6H,5,7H2,1-4H3. The summed E-state index contributed by atoms with van der Waals surface area (Å²) in [5.41, 5.74) is 2.22. The molecule has 1 heterocycles. The molecule has 1 aromatic heterocycles. The Labute approximate surface area is 107 Å². The van der Waals surface area contributed by atoms with Gasteiger partial charge in [-0.1, -0.05) is 0 Å². The average molecular weight is 271 g/mol. The van der Waals surface area contributed by atoms with Crippen LogP contribution in [-0.4, -0.2) is 38.3 Å². The molecule has 0 spiro atoms. The van der Waals surface area contributed by atoms with Crippen LogP contribution >= 0.6 is 0 Å². The second kappa shape index (κ2) is 5.48. The smallest absolute Gasteiger partial charge is 0.154 e. The maximum atomic E-state index is 11.6. The number of rotatable bonds is 5. The predicted molar refractivity (Wildman–Crippen MR) is 68.7 cm³/mol. The van der Waals surface area contributed by atoms with Crippen LogP contribution in [0.15, 0.2) is 6.20 Å². The van der Waals surface area contributed by atoms with E-state index in [2.05, 4.69) is 4.98 Å². The Hall–Kier alpha value is -1.43. The van der Waals surface area contributed by atoms with Gasteiger partial charge >= 0.3 is 0 Å². The lowest BCUT2D eigenvalue weighted by Crippen LogP contribution is -2.17.